The summed E-state index contributed by atoms with van der Waals surface area (Å²) in [6.07, 6.45) is 1.69. The maximum atomic E-state index is 5.67. The lowest BCUT2D eigenvalue weighted by atomic mass is 10.2. The van der Waals surface area contributed by atoms with E-state index in [2.05, 4.69) is 33.9 Å². The Morgan fingerprint density at radius 3 is 3.07 bits per heavy atom. The van der Waals surface area contributed by atoms with Gasteiger partial charge < -0.3 is 11.1 Å². The van der Waals surface area contributed by atoms with Gasteiger partial charge in [0.25, 0.3) is 0 Å². The molecule has 4 N–H and O–H groups in total. The van der Waals surface area contributed by atoms with Crippen LogP contribution in [0.25, 0.3) is 0 Å². The summed E-state index contributed by atoms with van der Waals surface area (Å²) in [4.78, 5) is 1.28. The lowest BCUT2D eigenvalue weighted by Gasteiger charge is -2.11. The van der Waals surface area contributed by atoms with Crippen molar-refractivity contribution in [3.05, 3.63) is 28.6 Å². The summed E-state index contributed by atoms with van der Waals surface area (Å²) in [6.45, 7) is 2.10. The molecule has 2 aromatic rings. The Bertz CT molecular complexity index is 393. The van der Waals surface area contributed by atoms with Crippen LogP contribution in [0.2, 0.25) is 0 Å². The van der Waals surface area contributed by atoms with Crippen LogP contribution in [-0.4, -0.2) is 10.2 Å². The number of nitrogens with one attached hydrogen (secondary N) is 2. The standard InChI is InChI=1S/C9H12N4S/c1-6(8-3-2-4-14-8)12-7-5-11-13-9(7)10/h2-6,12H,1H3,(H3,10,11,13). The van der Waals surface area contributed by atoms with E-state index in [0.717, 1.165) is 5.69 Å². The van der Waals surface area contributed by atoms with E-state index < -0.39 is 0 Å². The number of rotatable bonds is 3. The van der Waals surface area contributed by atoms with E-state index in [1.165, 1.54) is 4.88 Å². The third kappa shape index (κ3) is 1.72. The van der Waals surface area contributed by atoms with E-state index >= 15 is 0 Å². The summed E-state index contributed by atoms with van der Waals surface area (Å²) in [5.74, 6) is 0.577. The van der Waals surface area contributed by atoms with Gasteiger partial charge in [-0.05, 0) is 18.4 Å². The van der Waals surface area contributed by atoms with Crippen molar-refractivity contribution in [2.45, 2.75) is 13.0 Å². The maximum absolute atomic E-state index is 5.67. The molecule has 1 atom stereocenters. The van der Waals surface area contributed by atoms with Crippen LogP contribution in [0.15, 0.2) is 23.7 Å². The van der Waals surface area contributed by atoms with Gasteiger partial charge in [-0.3, -0.25) is 5.10 Å². The van der Waals surface area contributed by atoms with E-state index in [1.54, 1.807) is 17.5 Å². The molecule has 4 nitrogen and oxygen atoms in total. The first kappa shape index (κ1) is 9.08. The minimum absolute atomic E-state index is 0.259. The highest BCUT2D eigenvalue weighted by molar-refractivity contribution is 7.10. The number of H-pyrrole nitrogens is 1. The Kier molecular flexibility index (Phi) is 2.41. The smallest absolute Gasteiger partial charge is 0.142 e. The molecule has 0 amide bonds. The highest BCUT2D eigenvalue weighted by Crippen LogP contribution is 2.24. The Balaban J connectivity index is 2.09. The molecule has 2 heterocycles. The average Bonchev–Trinajstić information content (AvgIpc) is 2.77. The van der Waals surface area contributed by atoms with Crippen LogP contribution in [0, 0.1) is 0 Å². The Hall–Kier alpha value is -1.49. The Labute approximate surface area is 86.1 Å². The van der Waals surface area contributed by atoms with E-state index in [0.29, 0.717) is 5.82 Å². The van der Waals surface area contributed by atoms with Crippen LogP contribution in [-0.2, 0) is 0 Å². The molecule has 5 heteroatoms. The molecule has 0 fully saturated rings. The number of aromatic amines is 1. The third-order valence-corrected chi connectivity index (χ3v) is 3.07. The van der Waals surface area contributed by atoms with Gasteiger partial charge in [0.2, 0.25) is 0 Å². The van der Waals surface area contributed by atoms with Gasteiger partial charge in [0.1, 0.15) is 5.82 Å². The molecule has 0 aliphatic heterocycles. The summed E-state index contributed by atoms with van der Waals surface area (Å²) in [5.41, 5.74) is 6.52. The topological polar surface area (TPSA) is 66.7 Å². The SMILES string of the molecule is CC(Nc1cn[nH]c1N)c1cccs1. The highest BCUT2D eigenvalue weighted by atomic mass is 32.1. The molecular formula is C9H12N4S. The van der Waals surface area contributed by atoms with E-state index in [9.17, 15) is 0 Å². The first-order chi connectivity index (χ1) is 6.77. The molecule has 14 heavy (non-hydrogen) atoms. The number of nitrogens with two attached hydrogens (primary N) is 1. The molecule has 0 aliphatic carbocycles. The molecule has 1 unspecified atom stereocenters. The zero-order chi connectivity index (χ0) is 9.97. The molecule has 0 spiro atoms. The van der Waals surface area contributed by atoms with Crippen molar-refractivity contribution in [3.63, 3.8) is 0 Å². The van der Waals surface area contributed by atoms with Gasteiger partial charge in [-0.25, -0.2) is 0 Å². The van der Waals surface area contributed by atoms with E-state index in [1.807, 2.05) is 6.07 Å². The molecule has 0 bridgehead atoms. The van der Waals surface area contributed by atoms with Crippen molar-refractivity contribution in [1.29, 1.82) is 0 Å². The predicted octanol–water partition coefficient (Wildman–Crippen LogP) is 2.23. The largest absolute Gasteiger partial charge is 0.382 e. The first-order valence-corrected chi connectivity index (χ1v) is 5.24. The molecule has 2 aromatic heterocycles. The molecule has 0 aliphatic rings. The summed E-state index contributed by atoms with van der Waals surface area (Å²) in [6, 6.07) is 4.39. The normalized spacial score (nSPS) is 12.6. The molecule has 0 aromatic carbocycles. The fourth-order valence-electron chi connectivity index (χ4n) is 1.25. The predicted molar refractivity (Wildman–Crippen MR) is 59.4 cm³/mol. The molecule has 74 valence electrons. The Morgan fingerprint density at radius 1 is 1.64 bits per heavy atom. The second kappa shape index (κ2) is 3.71. The van der Waals surface area contributed by atoms with Gasteiger partial charge in [-0.15, -0.1) is 11.3 Å². The summed E-state index contributed by atoms with van der Waals surface area (Å²) >= 11 is 1.72. The molecular weight excluding hydrogens is 196 g/mol. The van der Waals surface area contributed by atoms with E-state index in [-0.39, 0.29) is 6.04 Å². The molecule has 0 radical (unpaired) electrons. The third-order valence-electron chi connectivity index (χ3n) is 2.01. The minimum atomic E-state index is 0.259. The van der Waals surface area contributed by atoms with Crippen LogP contribution >= 0.6 is 11.3 Å². The van der Waals surface area contributed by atoms with Crippen molar-refractivity contribution in [2.24, 2.45) is 0 Å². The fourth-order valence-corrected chi connectivity index (χ4v) is 1.99. The quantitative estimate of drug-likeness (QED) is 0.724. The average molecular weight is 208 g/mol. The van der Waals surface area contributed by atoms with Crippen LogP contribution in [0.5, 0.6) is 0 Å². The number of hydrogen-bond donors (Lipinski definition) is 3. The highest BCUT2D eigenvalue weighted by Gasteiger charge is 2.08. The van der Waals surface area contributed by atoms with Crippen molar-refractivity contribution in [1.82, 2.24) is 10.2 Å². The lowest BCUT2D eigenvalue weighted by Crippen LogP contribution is -2.05. The van der Waals surface area contributed by atoms with E-state index in [4.69, 9.17) is 5.73 Å². The van der Waals surface area contributed by atoms with Crippen LogP contribution in [0.3, 0.4) is 0 Å². The van der Waals surface area contributed by atoms with Crippen molar-refractivity contribution in [3.8, 4) is 0 Å². The number of anilines is 2. The van der Waals surface area contributed by atoms with Gasteiger partial charge in [0.05, 0.1) is 17.9 Å². The van der Waals surface area contributed by atoms with Crippen LogP contribution in [0.1, 0.15) is 17.8 Å². The summed E-state index contributed by atoms with van der Waals surface area (Å²) in [7, 11) is 0. The van der Waals surface area contributed by atoms with Gasteiger partial charge in [0.15, 0.2) is 0 Å². The second-order valence-corrected chi connectivity index (χ2v) is 4.06. The number of hydrogen-bond acceptors (Lipinski definition) is 4. The molecule has 0 saturated heterocycles. The zero-order valence-corrected chi connectivity index (χ0v) is 8.64. The number of nitrogen functional groups attached to an aromatic ring is 1. The van der Waals surface area contributed by atoms with Crippen molar-refractivity contribution in [2.75, 3.05) is 11.1 Å². The van der Waals surface area contributed by atoms with Gasteiger partial charge in [0, 0.05) is 4.88 Å². The van der Waals surface area contributed by atoms with Gasteiger partial charge >= 0.3 is 0 Å². The van der Waals surface area contributed by atoms with Crippen LogP contribution < -0.4 is 11.1 Å². The second-order valence-electron chi connectivity index (χ2n) is 3.08. The lowest BCUT2D eigenvalue weighted by molar-refractivity contribution is 0.909. The fraction of sp³-hybridized carbons (Fsp3) is 0.222. The number of aromatic nitrogens is 2. The number of nitrogens with zero attached hydrogens (tertiary/aromatic N) is 1. The Morgan fingerprint density at radius 2 is 2.50 bits per heavy atom. The number of thiophene rings is 1. The first-order valence-electron chi connectivity index (χ1n) is 4.36. The van der Waals surface area contributed by atoms with Crippen molar-refractivity contribution >= 4 is 22.8 Å². The van der Waals surface area contributed by atoms with Crippen LogP contribution in [0.4, 0.5) is 11.5 Å². The van der Waals surface area contributed by atoms with Gasteiger partial charge in [-0.2, -0.15) is 5.10 Å². The maximum Gasteiger partial charge on any atom is 0.142 e. The summed E-state index contributed by atoms with van der Waals surface area (Å²) in [5, 5.41) is 11.9. The minimum Gasteiger partial charge on any atom is -0.382 e. The monoisotopic (exact) mass is 208 g/mol. The zero-order valence-electron chi connectivity index (χ0n) is 7.82. The van der Waals surface area contributed by atoms with Gasteiger partial charge in [-0.1, -0.05) is 6.07 Å². The molecule has 0 saturated carbocycles. The molecule has 2 rings (SSSR count). The summed E-state index contributed by atoms with van der Waals surface area (Å²) < 4.78 is 0. The van der Waals surface area contributed by atoms with Crippen molar-refractivity contribution < 1.29 is 0 Å².